The van der Waals surface area contributed by atoms with Crippen LogP contribution in [0.25, 0.3) is 0 Å². The lowest BCUT2D eigenvalue weighted by Gasteiger charge is -2.25. The number of ether oxygens (including phenoxy) is 1. The fourth-order valence-corrected chi connectivity index (χ4v) is 2.51. The van der Waals surface area contributed by atoms with Gasteiger partial charge in [0.1, 0.15) is 11.4 Å². The van der Waals surface area contributed by atoms with Crippen LogP contribution in [0.15, 0.2) is 4.99 Å². The van der Waals surface area contributed by atoms with Crippen molar-refractivity contribution in [3.8, 4) is 0 Å². The highest BCUT2D eigenvalue weighted by atomic mass is 16.5. The average Bonchev–Trinajstić information content (AvgIpc) is 2.85. The zero-order valence-electron chi connectivity index (χ0n) is 9.46. The first-order valence-corrected chi connectivity index (χ1v) is 5.93. The molecular formula is C11H21N3O. The van der Waals surface area contributed by atoms with Crippen molar-refractivity contribution >= 4 is 5.84 Å². The third-order valence-corrected chi connectivity index (χ3v) is 3.49. The molecule has 0 radical (unpaired) electrons. The van der Waals surface area contributed by atoms with E-state index in [1.165, 1.54) is 25.7 Å². The van der Waals surface area contributed by atoms with Gasteiger partial charge in [0.25, 0.3) is 0 Å². The molecule has 2 rings (SSSR count). The second-order valence-corrected chi connectivity index (χ2v) is 4.74. The quantitative estimate of drug-likeness (QED) is 0.314. The molecular weight excluding hydrogens is 190 g/mol. The standard InChI is InChI=1S/C11H21N3O/c1-11(7-4-8-15-11)10(14-12)13-9-5-2-3-6-9/h9H,2-8,12H2,1H3,(H,13,14). The predicted molar refractivity (Wildman–Crippen MR) is 60.6 cm³/mol. The molecule has 3 N–H and O–H groups in total. The minimum absolute atomic E-state index is 0.267. The fraction of sp³-hybridized carbons (Fsp3) is 0.909. The lowest BCUT2D eigenvalue weighted by Crippen LogP contribution is -2.47. The van der Waals surface area contributed by atoms with E-state index < -0.39 is 0 Å². The molecule has 4 nitrogen and oxygen atoms in total. The van der Waals surface area contributed by atoms with E-state index in [0.29, 0.717) is 6.04 Å². The van der Waals surface area contributed by atoms with E-state index in [0.717, 1.165) is 25.3 Å². The monoisotopic (exact) mass is 211 g/mol. The molecule has 1 saturated heterocycles. The Morgan fingerprint density at radius 3 is 2.67 bits per heavy atom. The first kappa shape index (κ1) is 10.9. The van der Waals surface area contributed by atoms with Crippen LogP contribution in [0.3, 0.4) is 0 Å². The topological polar surface area (TPSA) is 59.6 Å². The number of aliphatic imine (C=N–C) groups is 1. The zero-order valence-corrected chi connectivity index (χ0v) is 9.46. The second-order valence-electron chi connectivity index (χ2n) is 4.74. The Bertz CT molecular complexity index is 240. The SMILES string of the molecule is CC1(C(=NC2CCCC2)NN)CCCO1. The van der Waals surface area contributed by atoms with E-state index in [-0.39, 0.29) is 5.60 Å². The molecule has 1 saturated carbocycles. The summed E-state index contributed by atoms with van der Waals surface area (Å²) in [6.07, 6.45) is 7.10. The van der Waals surface area contributed by atoms with Crippen molar-refractivity contribution in [2.24, 2.45) is 10.8 Å². The van der Waals surface area contributed by atoms with Gasteiger partial charge in [0.05, 0.1) is 6.04 Å². The predicted octanol–water partition coefficient (Wildman–Crippen LogP) is 1.36. The summed E-state index contributed by atoms with van der Waals surface area (Å²) in [4.78, 5) is 4.70. The van der Waals surface area contributed by atoms with Gasteiger partial charge in [0.15, 0.2) is 0 Å². The summed E-state index contributed by atoms with van der Waals surface area (Å²) in [5.41, 5.74) is 2.47. The van der Waals surface area contributed by atoms with Crippen LogP contribution in [0.1, 0.15) is 45.4 Å². The molecule has 0 aromatic rings. The molecule has 1 aliphatic heterocycles. The van der Waals surface area contributed by atoms with E-state index >= 15 is 0 Å². The summed E-state index contributed by atoms with van der Waals surface area (Å²) in [6, 6.07) is 0.456. The number of rotatable bonds is 2. The van der Waals surface area contributed by atoms with Crippen LogP contribution < -0.4 is 11.3 Å². The van der Waals surface area contributed by atoms with Gasteiger partial charge in [-0.05, 0) is 32.6 Å². The van der Waals surface area contributed by atoms with Gasteiger partial charge in [-0.3, -0.25) is 4.99 Å². The summed E-state index contributed by atoms with van der Waals surface area (Å²) in [5, 5.41) is 0. The molecule has 1 unspecified atom stereocenters. The molecule has 0 bridgehead atoms. The van der Waals surface area contributed by atoms with E-state index in [2.05, 4.69) is 12.3 Å². The van der Waals surface area contributed by atoms with Crippen LogP contribution in [-0.4, -0.2) is 24.1 Å². The molecule has 2 fully saturated rings. The Kier molecular flexibility index (Phi) is 3.26. The van der Waals surface area contributed by atoms with Gasteiger partial charge < -0.3 is 10.2 Å². The number of nitrogens with one attached hydrogen (secondary N) is 1. The minimum atomic E-state index is -0.267. The summed E-state index contributed by atoms with van der Waals surface area (Å²) in [6.45, 7) is 2.90. The Labute approximate surface area is 91.2 Å². The highest BCUT2D eigenvalue weighted by Gasteiger charge is 2.36. The first-order valence-electron chi connectivity index (χ1n) is 5.93. The van der Waals surface area contributed by atoms with Crippen LogP contribution in [0.5, 0.6) is 0 Å². The van der Waals surface area contributed by atoms with Crippen LogP contribution in [-0.2, 0) is 4.74 Å². The van der Waals surface area contributed by atoms with E-state index in [9.17, 15) is 0 Å². The maximum Gasteiger partial charge on any atom is 0.143 e. The average molecular weight is 211 g/mol. The molecule has 0 spiro atoms. The number of hydrogen-bond donors (Lipinski definition) is 2. The number of hydrazine groups is 1. The molecule has 0 amide bonds. The molecule has 2 aliphatic rings. The summed E-state index contributed by atoms with van der Waals surface area (Å²) < 4.78 is 5.73. The minimum Gasteiger partial charge on any atom is -0.367 e. The highest BCUT2D eigenvalue weighted by molar-refractivity contribution is 5.90. The third kappa shape index (κ3) is 2.32. The Hall–Kier alpha value is -0.610. The Morgan fingerprint density at radius 2 is 2.13 bits per heavy atom. The van der Waals surface area contributed by atoms with Crippen molar-refractivity contribution in [3.05, 3.63) is 0 Å². The molecule has 4 heteroatoms. The van der Waals surface area contributed by atoms with Gasteiger partial charge in [-0.1, -0.05) is 12.8 Å². The summed E-state index contributed by atoms with van der Waals surface area (Å²) in [5.74, 6) is 6.39. The molecule has 0 aromatic heterocycles. The van der Waals surface area contributed by atoms with Crippen LogP contribution in [0.2, 0.25) is 0 Å². The van der Waals surface area contributed by atoms with Gasteiger partial charge in [0.2, 0.25) is 0 Å². The van der Waals surface area contributed by atoms with Gasteiger partial charge in [0, 0.05) is 6.61 Å². The third-order valence-electron chi connectivity index (χ3n) is 3.49. The van der Waals surface area contributed by atoms with Crippen molar-refractivity contribution in [2.45, 2.75) is 57.1 Å². The van der Waals surface area contributed by atoms with Crippen LogP contribution >= 0.6 is 0 Å². The first-order chi connectivity index (χ1) is 7.24. The molecule has 1 heterocycles. The van der Waals surface area contributed by atoms with Crippen LogP contribution in [0, 0.1) is 0 Å². The van der Waals surface area contributed by atoms with Gasteiger partial charge in [-0.15, -0.1) is 0 Å². The summed E-state index contributed by atoms with van der Waals surface area (Å²) in [7, 11) is 0. The smallest absolute Gasteiger partial charge is 0.143 e. The van der Waals surface area contributed by atoms with Crippen molar-refractivity contribution < 1.29 is 4.74 Å². The number of nitrogens with two attached hydrogens (primary N) is 1. The zero-order chi connectivity index (χ0) is 10.7. The van der Waals surface area contributed by atoms with E-state index in [1.807, 2.05) is 0 Å². The lowest BCUT2D eigenvalue weighted by molar-refractivity contribution is 0.0742. The molecule has 1 aliphatic carbocycles. The molecule has 15 heavy (non-hydrogen) atoms. The van der Waals surface area contributed by atoms with E-state index in [4.69, 9.17) is 15.6 Å². The van der Waals surface area contributed by atoms with Gasteiger partial charge in [-0.2, -0.15) is 0 Å². The van der Waals surface area contributed by atoms with Gasteiger partial charge in [-0.25, -0.2) is 5.84 Å². The Balaban J connectivity index is 2.07. The Morgan fingerprint density at radius 1 is 1.40 bits per heavy atom. The maximum atomic E-state index is 5.73. The van der Waals surface area contributed by atoms with Crippen LogP contribution in [0.4, 0.5) is 0 Å². The van der Waals surface area contributed by atoms with Gasteiger partial charge >= 0.3 is 0 Å². The summed E-state index contributed by atoms with van der Waals surface area (Å²) >= 11 is 0. The van der Waals surface area contributed by atoms with Crippen molar-refractivity contribution in [3.63, 3.8) is 0 Å². The van der Waals surface area contributed by atoms with Crippen molar-refractivity contribution in [2.75, 3.05) is 6.61 Å². The number of nitrogens with zero attached hydrogens (tertiary/aromatic N) is 1. The lowest BCUT2D eigenvalue weighted by atomic mass is 10.0. The van der Waals surface area contributed by atoms with Crippen molar-refractivity contribution in [1.29, 1.82) is 0 Å². The normalized spacial score (nSPS) is 33.6. The van der Waals surface area contributed by atoms with Crippen molar-refractivity contribution in [1.82, 2.24) is 5.43 Å². The highest BCUT2D eigenvalue weighted by Crippen LogP contribution is 2.28. The number of hydrogen-bond acceptors (Lipinski definition) is 3. The molecule has 1 atom stereocenters. The molecule has 86 valence electrons. The second kappa shape index (κ2) is 4.49. The fourth-order valence-electron chi connectivity index (χ4n) is 2.51. The van der Waals surface area contributed by atoms with E-state index in [1.54, 1.807) is 0 Å². The molecule has 0 aromatic carbocycles. The maximum absolute atomic E-state index is 5.73. The number of amidine groups is 1. The largest absolute Gasteiger partial charge is 0.367 e.